The summed E-state index contributed by atoms with van der Waals surface area (Å²) in [5, 5.41) is 9.64. The maximum absolute atomic E-state index is 12.8. The zero-order chi connectivity index (χ0) is 21.7. The van der Waals surface area contributed by atoms with E-state index in [9.17, 15) is 10.1 Å². The summed E-state index contributed by atoms with van der Waals surface area (Å²) in [6, 6.07) is 18.7. The standard InChI is InChI=1S/C25H29NO3S/c1-17(2)15-30-16-21-23(25(21,3)4)24(27)29-22(14-26)18-9-8-12-20(13-18)28-19-10-6-5-7-11-19/h5-13,17,21-23H,15-16H2,1-4H3/t21-,22?,23-/m0/s1. The van der Waals surface area contributed by atoms with Gasteiger partial charge in [0.25, 0.3) is 0 Å². The Kier molecular flexibility index (Phi) is 7.10. The summed E-state index contributed by atoms with van der Waals surface area (Å²) in [6.45, 7) is 8.61. The van der Waals surface area contributed by atoms with Crippen LogP contribution in [0.1, 0.15) is 39.4 Å². The molecule has 2 aromatic rings. The zero-order valence-corrected chi connectivity index (χ0v) is 18.8. The number of hydrogen-bond donors (Lipinski definition) is 0. The van der Waals surface area contributed by atoms with E-state index in [1.807, 2.05) is 48.2 Å². The van der Waals surface area contributed by atoms with Crippen molar-refractivity contribution in [1.82, 2.24) is 0 Å². The number of hydrogen-bond acceptors (Lipinski definition) is 5. The first-order valence-electron chi connectivity index (χ1n) is 10.3. The number of esters is 1. The van der Waals surface area contributed by atoms with E-state index >= 15 is 0 Å². The highest BCUT2D eigenvalue weighted by Gasteiger charge is 2.62. The highest BCUT2D eigenvalue weighted by atomic mass is 32.2. The molecule has 3 rings (SSSR count). The van der Waals surface area contributed by atoms with E-state index in [2.05, 4.69) is 33.8 Å². The van der Waals surface area contributed by atoms with Crippen LogP contribution in [0, 0.1) is 34.5 Å². The Balaban J connectivity index is 1.63. The van der Waals surface area contributed by atoms with E-state index < -0.39 is 6.10 Å². The first kappa shape index (κ1) is 22.2. The predicted octanol–water partition coefficient (Wildman–Crippen LogP) is 6.25. The lowest BCUT2D eigenvalue weighted by Crippen LogP contribution is -2.14. The van der Waals surface area contributed by atoms with Crippen LogP contribution in [0.25, 0.3) is 0 Å². The van der Waals surface area contributed by atoms with E-state index in [1.54, 1.807) is 18.2 Å². The van der Waals surface area contributed by atoms with E-state index in [0.29, 0.717) is 28.9 Å². The molecule has 1 unspecified atom stereocenters. The fourth-order valence-corrected chi connectivity index (χ4v) is 5.16. The second kappa shape index (κ2) is 9.57. The second-order valence-electron chi connectivity index (χ2n) is 8.77. The summed E-state index contributed by atoms with van der Waals surface area (Å²) in [5.74, 6) is 3.84. The van der Waals surface area contributed by atoms with Gasteiger partial charge in [-0.2, -0.15) is 17.0 Å². The lowest BCUT2D eigenvalue weighted by molar-refractivity contribution is -0.149. The number of carbonyl (C=O) groups excluding carboxylic acids is 1. The van der Waals surface area contributed by atoms with Gasteiger partial charge in [0.05, 0.1) is 5.92 Å². The van der Waals surface area contributed by atoms with Crippen molar-refractivity contribution in [2.75, 3.05) is 11.5 Å². The molecule has 5 heteroatoms. The van der Waals surface area contributed by atoms with Crippen LogP contribution in [-0.4, -0.2) is 17.5 Å². The molecule has 0 aliphatic heterocycles. The molecule has 0 aromatic heterocycles. The molecule has 30 heavy (non-hydrogen) atoms. The van der Waals surface area contributed by atoms with Gasteiger partial charge in [0.2, 0.25) is 6.10 Å². The van der Waals surface area contributed by atoms with E-state index in [0.717, 1.165) is 11.5 Å². The molecule has 0 saturated heterocycles. The van der Waals surface area contributed by atoms with Gasteiger partial charge in [0.1, 0.15) is 17.6 Å². The number of rotatable bonds is 9. The van der Waals surface area contributed by atoms with Crippen molar-refractivity contribution < 1.29 is 14.3 Å². The normalized spacial score (nSPS) is 20.3. The molecule has 0 bridgehead atoms. The second-order valence-corrected chi connectivity index (χ2v) is 9.85. The first-order chi connectivity index (χ1) is 14.3. The number of carbonyl (C=O) groups is 1. The quantitative estimate of drug-likeness (QED) is 0.446. The Morgan fingerprint density at radius 1 is 1.13 bits per heavy atom. The molecular formula is C25H29NO3S. The Morgan fingerprint density at radius 2 is 1.83 bits per heavy atom. The van der Waals surface area contributed by atoms with Gasteiger partial charge in [-0.15, -0.1) is 0 Å². The first-order valence-corrected chi connectivity index (χ1v) is 11.5. The molecule has 0 amide bonds. The Hall–Kier alpha value is -2.45. The molecule has 1 aliphatic carbocycles. The van der Waals surface area contributed by atoms with Crippen molar-refractivity contribution in [2.24, 2.45) is 23.2 Å². The summed E-state index contributed by atoms with van der Waals surface area (Å²) in [6.07, 6.45) is -0.947. The van der Waals surface area contributed by atoms with E-state index in [4.69, 9.17) is 9.47 Å². The molecule has 0 radical (unpaired) electrons. The van der Waals surface area contributed by atoms with Gasteiger partial charge in [-0.3, -0.25) is 4.79 Å². The van der Waals surface area contributed by atoms with Crippen LogP contribution in [0.5, 0.6) is 11.5 Å². The van der Waals surface area contributed by atoms with Gasteiger partial charge in [0.15, 0.2) is 0 Å². The fourth-order valence-electron chi connectivity index (χ4n) is 3.68. The minimum Gasteiger partial charge on any atom is -0.457 e. The maximum Gasteiger partial charge on any atom is 0.311 e. The largest absolute Gasteiger partial charge is 0.457 e. The van der Waals surface area contributed by atoms with E-state index in [1.165, 1.54) is 0 Å². The number of para-hydroxylation sites is 1. The zero-order valence-electron chi connectivity index (χ0n) is 18.0. The number of ether oxygens (including phenoxy) is 2. The van der Waals surface area contributed by atoms with Crippen molar-refractivity contribution in [3.05, 3.63) is 60.2 Å². The summed E-state index contributed by atoms with van der Waals surface area (Å²) in [5.41, 5.74) is 0.530. The fraction of sp³-hybridized carbons (Fsp3) is 0.440. The summed E-state index contributed by atoms with van der Waals surface area (Å²) >= 11 is 1.89. The van der Waals surface area contributed by atoms with Gasteiger partial charge in [-0.25, -0.2) is 0 Å². The molecule has 0 heterocycles. The Labute approximate surface area is 183 Å². The average Bonchev–Trinajstić information content (AvgIpc) is 3.27. The van der Waals surface area contributed by atoms with Gasteiger partial charge >= 0.3 is 5.97 Å². The average molecular weight is 424 g/mol. The minimum absolute atomic E-state index is 0.0840. The Morgan fingerprint density at radius 3 is 2.50 bits per heavy atom. The number of thioether (sulfide) groups is 1. The van der Waals surface area contributed by atoms with Gasteiger partial charge < -0.3 is 9.47 Å². The van der Waals surface area contributed by atoms with Crippen molar-refractivity contribution in [2.45, 2.75) is 33.8 Å². The van der Waals surface area contributed by atoms with Gasteiger partial charge in [-0.05, 0) is 53.0 Å². The number of benzene rings is 2. The van der Waals surface area contributed by atoms with Crippen molar-refractivity contribution in [3.63, 3.8) is 0 Å². The lowest BCUT2D eigenvalue weighted by atomic mass is 10.1. The third-order valence-corrected chi connectivity index (χ3v) is 7.04. The number of nitrogens with zero attached hydrogens (tertiary/aromatic N) is 1. The highest BCUT2D eigenvalue weighted by molar-refractivity contribution is 7.99. The summed E-state index contributed by atoms with van der Waals surface area (Å²) in [7, 11) is 0. The molecule has 3 atom stereocenters. The van der Waals surface area contributed by atoms with Crippen molar-refractivity contribution in [1.29, 1.82) is 5.26 Å². The van der Waals surface area contributed by atoms with Crippen LogP contribution in [0.15, 0.2) is 54.6 Å². The molecule has 1 fully saturated rings. The molecule has 158 valence electrons. The smallest absolute Gasteiger partial charge is 0.311 e. The predicted molar refractivity (Wildman–Crippen MR) is 120 cm³/mol. The maximum atomic E-state index is 12.8. The molecule has 4 nitrogen and oxygen atoms in total. The molecular weight excluding hydrogens is 394 g/mol. The number of nitriles is 1. The lowest BCUT2D eigenvalue weighted by Gasteiger charge is -2.13. The highest BCUT2D eigenvalue weighted by Crippen LogP contribution is 2.60. The van der Waals surface area contributed by atoms with Crippen LogP contribution >= 0.6 is 11.8 Å². The summed E-state index contributed by atoms with van der Waals surface area (Å²) in [4.78, 5) is 12.8. The SMILES string of the molecule is CC(C)CSC[C@H]1[C@@H](C(=O)OC(C#N)c2cccc(Oc3ccccc3)c2)C1(C)C. The van der Waals surface area contributed by atoms with E-state index in [-0.39, 0.29) is 17.3 Å². The minimum atomic E-state index is -0.947. The van der Waals surface area contributed by atoms with Crippen molar-refractivity contribution in [3.8, 4) is 17.6 Å². The molecule has 0 N–H and O–H groups in total. The third-order valence-electron chi connectivity index (χ3n) is 5.54. The van der Waals surface area contributed by atoms with Crippen LogP contribution in [0.3, 0.4) is 0 Å². The van der Waals surface area contributed by atoms with Crippen LogP contribution in [-0.2, 0) is 9.53 Å². The van der Waals surface area contributed by atoms with Crippen molar-refractivity contribution >= 4 is 17.7 Å². The van der Waals surface area contributed by atoms with Crippen LogP contribution in [0.4, 0.5) is 0 Å². The van der Waals surface area contributed by atoms with Crippen LogP contribution in [0.2, 0.25) is 0 Å². The van der Waals surface area contributed by atoms with Gasteiger partial charge in [0, 0.05) is 5.56 Å². The molecule has 2 aromatic carbocycles. The molecule has 1 saturated carbocycles. The molecule has 0 spiro atoms. The topological polar surface area (TPSA) is 59.3 Å². The van der Waals surface area contributed by atoms with Gasteiger partial charge in [-0.1, -0.05) is 58.0 Å². The Bertz CT molecular complexity index is 904. The third kappa shape index (κ3) is 5.37. The van der Waals surface area contributed by atoms with Crippen LogP contribution < -0.4 is 4.74 Å². The monoisotopic (exact) mass is 423 g/mol. The summed E-state index contributed by atoms with van der Waals surface area (Å²) < 4.78 is 11.5. The molecule has 1 aliphatic rings.